The quantitative estimate of drug-likeness (QED) is 0.553. The van der Waals surface area contributed by atoms with Crippen LogP contribution in [0.25, 0.3) is 0 Å². The average Bonchev–Trinajstić information content (AvgIpc) is 3.06. The highest BCUT2D eigenvalue weighted by molar-refractivity contribution is 5.79. The van der Waals surface area contributed by atoms with Gasteiger partial charge in [-0.15, -0.1) is 0 Å². The van der Waals surface area contributed by atoms with Crippen molar-refractivity contribution in [2.75, 3.05) is 52.9 Å². The molecule has 2 heterocycles. The van der Waals surface area contributed by atoms with E-state index in [2.05, 4.69) is 39.3 Å². The first kappa shape index (κ1) is 18.5. The van der Waals surface area contributed by atoms with Gasteiger partial charge in [-0.05, 0) is 57.7 Å². The highest BCUT2D eigenvalue weighted by atomic mass is 15.2. The van der Waals surface area contributed by atoms with Crippen LogP contribution < -0.4 is 10.6 Å². The molecule has 1 atom stereocenters. The summed E-state index contributed by atoms with van der Waals surface area (Å²) >= 11 is 0. The summed E-state index contributed by atoms with van der Waals surface area (Å²) in [6.07, 6.45) is 6.46. The van der Waals surface area contributed by atoms with Crippen molar-refractivity contribution in [3.05, 3.63) is 0 Å². The normalized spacial score (nSPS) is 23.2. The molecule has 0 spiro atoms. The molecule has 0 aromatic rings. The van der Waals surface area contributed by atoms with Crippen molar-refractivity contribution < 1.29 is 0 Å². The number of piperidine rings is 1. The number of likely N-dealkylation sites (tertiary alicyclic amines) is 2. The Morgan fingerprint density at radius 2 is 1.83 bits per heavy atom. The van der Waals surface area contributed by atoms with Crippen molar-refractivity contribution in [3.8, 4) is 0 Å². The van der Waals surface area contributed by atoms with Crippen molar-refractivity contribution in [3.63, 3.8) is 0 Å². The van der Waals surface area contributed by atoms with E-state index in [1.165, 1.54) is 71.4 Å². The Morgan fingerprint density at radius 1 is 1.13 bits per heavy atom. The van der Waals surface area contributed by atoms with Crippen LogP contribution in [0.4, 0.5) is 0 Å². The Bertz CT molecular complexity index is 343. The number of aliphatic imine (C=N–C) groups is 1. The lowest BCUT2D eigenvalue weighted by molar-refractivity contribution is 0.206. The molecule has 2 rings (SSSR count). The molecule has 0 aliphatic carbocycles. The van der Waals surface area contributed by atoms with Crippen LogP contribution in [0.5, 0.6) is 0 Å². The summed E-state index contributed by atoms with van der Waals surface area (Å²) in [5.41, 5.74) is 0. The fourth-order valence-electron chi connectivity index (χ4n) is 3.75. The molecule has 5 heteroatoms. The summed E-state index contributed by atoms with van der Waals surface area (Å²) < 4.78 is 0. The minimum Gasteiger partial charge on any atom is -0.356 e. The standard InChI is InChI=1S/C18H37N5/c1-4-9-22-12-7-17(8-13-22)21-18(19-3)20-14-16(2)15-23-10-5-6-11-23/h16-17H,4-15H2,1-3H3,(H2,19,20,21). The van der Waals surface area contributed by atoms with E-state index in [0.29, 0.717) is 12.0 Å². The van der Waals surface area contributed by atoms with E-state index in [-0.39, 0.29) is 0 Å². The van der Waals surface area contributed by atoms with E-state index in [0.717, 1.165) is 12.5 Å². The molecule has 0 radical (unpaired) electrons. The Labute approximate surface area is 142 Å². The minimum absolute atomic E-state index is 0.572. The third-order valence-electron chi connectivity index (χ3n) is 5.08. The topological polar surface area (TPSA) is 42.9 Å². The number of rotatable bonds is 7. The van der Waals surface area contributed by atoms with Gasteiger partial charge < -0.3 is 20.4 Å². The predicted molar refractivity (Wildman–Crippen MR) is 99.1 cm³/mol. The van der Waals surface area contributed by atoms with Gasteiger partial charge in [-0.1, -0.05) is 13.8 Å². The molecule has 0 amide bonds. The highest BCUT2D eigenvalue weighted by Gasteiger charge is 2.20. The first-order valence-electron chi connectivity index (χ1n) is 9.63. The average molecular weight is 324 g/mol. The van der Waals surface area contributed by atoms with E-state index >= 15 is 0 Å². The second kappa shape index (κ2) is 10.1. The Morgan fingerprint density at radius 3 is 2.43 bits per heavy atom. The maximum atomic E-state index is 4.41. The lowest BCUT2D eigenvalue weighted by atomic mass is 10.1. The van der Waals surface area contributed by atoms with E-state index in [1.807, 2.05) is 7.05 Å². The molecule has 23 heavy (non-hydrogen) atoms. The number of guanidine groups is 1. The summed E-state index contributed by atoms with van der Waals surface area (Å²) in [5, 5.41) is 7.14. The number of nitrogens with zero attached hydrogens (tertiary/aromatic N) is 3. The summed E-state index contributed by atoms with van der Waals surface area (Å²) in [6, 6.07) is 0.572. The summed E-state index contributed by atoms with van der Waals surface area (Å²) in [7, 11) is 1.88. The molecule has 134 valence electrons. The molecule has 2 saturated heterocycles. The van der Waals surface area contributed by atoms with Crippen molar-refractivity contribution in [1.29, 1.82) is 0 Å². The zero-order chi connectivity index (χ0) is 16.5. The van der Waals surface area contributed by atoms with Crippen LogP contribution in [0.1, 0.15) is 46.0 Å². The number of nitrogens with one attached hydrogen (secondary N) is 2. The van der Waals surface area contributed by atoms with E-state index < -0.39 is 0 Å². The van der Waals surface area contributed by atoms with Crippen molar-refractivity contribution in [2.45, 2.75) is 52.0 Å². The second-order valence-electron chi connectivity index (χ2n) is 7.33. The molecule has 2 aliphatic heterocycles. The Balaban J connectivity index is 1.63. The van der Waals surface area contributed by atoms with Crippen LogP contribution in [0.2, 0.25) is 0 Å². The first-order chi connectivity index (χ1) is 11.2. The van der Waals surface area contributed by atoms with Crippen molar-refractivity contribution in [2.24, 2.45) is 10.9 Å². The Kier molecular flexibility index (Phi) is 8.17. The highest BCUT2D eigenvalue weighted by Crippen LogP contribution is 2.11. The fraction of sp³-hybridized carbons (Fsp3) is 0.944. The summed E-state index contributed by atoms with van der Waals surface area (Å²) in [6.45, 7) is 13.1. The van der Waals surface area contributed by atoms with Crippen LogP contribution in [0, 0.1) is 5.92 Å². The second-order valence-corrected chi connectivity index (χ2v) is 7.33. The third kappa shape index (κ3) is 6.68. The maximum Gasteiger partial charge on any atom is 0.191 e. The predicted octanol–water partition coefficient (Wildman–Crippen LogP) is 1.76. The van der Waals surface area contributed by atoms with Gasteiger partial charge in [0.15, 0.2) is 5.96 Å². The lowest BCUT2D eigenvalue weighted by Gasteiger charge is -2.33. The molecule has 2 N–H and O–H groups in total. The van der Waals surface area contributed by atoms with Crippen LogP contribution in [0.15, 0.2) is 4.99 Å². The van der Waals surface area contributed by atoms with Gasteiger partial charge >= 0.3 is 0 Å². The van der Waals surface area contributed by atoms with Crippen LogP contribution >= 0.6 is 0 Å². The van der Waals surface area contributed by atoms with Crippen LogP contribution in [-0.4, -0.2) is 74.7 Å². The monoisotopic (exact) mass is 323 g/mol. The van der Waals surface area contributed by atoms with E-state index in [9.17, 15) is 0 Å². The molecule has 2 aliphatic rings. The van der Waals surface area contributed by atoms with Gasteiger partial charge in [-0.2, -0.15) is 0 Å². The van der Waals surface area contributed by atoms with Gasteiger partial charge in [-0.25, -0.2) is 0 Å². The van der Waals surface area contributed by atoms with Crippen molar-refractivity contribution in [1.82, 2.24) is 20.4 Å². The smallest absolute Gasteiger partial charge is 0.191 e. The van der Waals surface area contributed by atoms with Gasteiger partial charge in [-0.3, -0.25) is 4.99 Å². The molecule has 2 fully saturated rings. The minimum atomic E-state index is 0.572. The van der Waals surface area contributed by atoms with Gasteiger partial charge in [0.1, 0.15) is 0 Å². The molecule has 5 nitrogen and oxygen atoms in total. The largest absolute Gasteiger partial charge is 0.356 e. The van der Waals surface area contributed by atoms with Gasteiger partial charge in [0.25, 0.3) is 0 Å². The summed E-state index contributed by atoms with van der Waals surface area (Å²) in [5.74, 6) is 1.64. The molecule has 0 saturated carbocycles. The van der Waals surface area contributed by atoms with Crippen molar-refractivity contribution >= 4 is 5.96 Å². The zero-order valence-corrected chi connectivity index (χ0v) is 15.5. The Hall–Kier alpha value is -0.810. The lowest BCUT2D eigenvalue weighted by Crippen LogP contribution is -2.49. The summed E-state index contributed by atoms with van der Waals surface area (Å²) in [4.78, 5) is 9.57. The SMILES string of the molecule is CCCN1CCC(NC(=NC)NCC(C)CN2CCCC2)CC1. The molecule has 0 bridgehead atoms. The zero-order valence-electron chi connectivity index (χ0n) is 15.5. The van der Waals surface area contributed by atoms with Crippen LogP contribution in [-0.2, 0) is 0 Å². The molecular formula is C18H37N5. The maximum absolute atomic E-state index is 4.41. The van der Waals surface area contributed by atoms with Gasteiger partial charge in [0.2, 0.25) is 0 Å². The first-order valence-corrected chi connectivity index (χ1v) is 9.63. The van der Waals surface area contributed by atoms with E-state index in [1.54, 1.807) is 0 Å². The van der Waals surface area contributed by atoms with E-state index in [4.69, 9.17) is 0 Å². The van der Waals surface area contributed by atoms with Crippen LogP contribution in [0.3, 0.4) is 0 Å². The van der Waals surface area contributed by atoms with Gasteiger partial charge in [0.05, 0.1) is 0 Å². The molecule has 0 aromatic heterocycles. The molecule has 1 unspecified atom stereocenters. The van der Waals surface area contributed by atoms with Gasteiger partial charge in [0, 0.05) is 39.3 Å². The fourth-order valence-corrected chi connectivity index (χ4v) is 3.75. The number of hydrogen-bond donors (Lipinski definition) is 2. The molecular weight excluding hydrogens is 286 g/mol. The number of hydrogen-bond acceptors (Lipinski definition) is 3. The third-order valence-corrected chi connectivity index (χ3v) is 5.08. The molecule has 0 aromatic carbocycles.